The molecule has 0 unspecified atom stereocenters. The van der Waals surface area contributed by atoms with Crippen molar-refractivity contribution in [2.75, 3.05) is 12.4 Å². The van der Waals surface area contributed by atoms with Crippen molar-refractivity contribution in [3.8, 4) is 5.75 Å². The second-order valence-corrected chi connectivity index (χ2v) is 4.28. The molecule has 0 aliphatic heterocycles. The number of rotatable bonds is 4. The third-order valence-corrected chi connectivity index (χ3v) is 2.79. The second-order valence-electron chi connectivity index (χ2n) is 4.28. The van der Waals surface area contributed by atoms with Gasteiger partial charge in [0.1, 0.15) is 17.4 Å². The summed E-state index contributed by atoms with van der Waals surface area (Å²) >= 11 is 0. The van der Waals surface area contributed by atoms with Gasteiger partial charge in [0.2, 0.25) is 0 Å². The van der Waals surface area contributed by atoms with Gasteiger partial charge in [-0.2, -0.15) is 0 Å². The summed E-state index contributed by atoms with van der Waals surface area (Å²) in [6.07, 6.45) is 0. The SMILES string of the molecule is COc1ccc(CNC(=O)Nc2cc(F)ccc2F)cc1. The molecule has 0 spiro atoms. The summed E-state index contributed by atoms with van der Waals surface area (Å²) < 4.78 is 31.3. The normalized spacial score (nSPS) is 10.0. The maximum atomic E-state index is 13.4. The number of ether oxygens (including phenoxy) is 1. The lowest BCUT2D eigenvalue weighted by molar-refractivity contribution is 0.251. The number of benzene rings is 2. The molecule has 0 radical (unpaired) electrons. The molecule has 0 aromatic heterocycles. The Hall–Kier alpha value is -2.63. The van der Waals surface area contributed by atoms with Crippen molar-refractivity contribution >= 4 is 11.7 Å². The summed E-state index contributed by atoms with van der Waals surface area (Å²) in [5, 5.41) is 4.81. The van der Waals surface area contributed by atoms with E-state index in [1.807, 2.05) is 0 Å². The smallest absolute Gasteiger partial charge is 0.319 e. The number of hydrogen-bond acceptors (Lipinski definition) is 2. The highest BCUT2D eigenvalue weighted by molar-refractivity contribution is 5.89. The minimum atomic E-state index is -0.698. The van der Waals surface area contributed by atoms with Crippen LogP contribution in [0, 0.1) is 11.6 Å². The van der Waals surface area contributed by atoms with Crippen LogP contribution in [0.25, 0.3) is 0 Å². The van der Waals surface area contributed by atoms with Crippen molar-refractivity contribution in [2.24, 2.45) is 0 Å². The quantitative estimate of drug-likeness (QED) is 0.908. The molecule has 0 heterocycles. The fraction of sp³-hybridized carbons (Fsp3) is 0.133. The Morgan fingerprint density at radius 2 is 1.86 bits per heavy atom. The lowest BCUT2D eigenvalue weighted by Gasteiger charge is -2.09. The van der Waals surface area contributed by atoms with Crippen LogP contribution in [0.15, 0.2) is 42.5 Å². The van der Waals surface area contributed by atoms with Gasteiger partial charge < -0.3 is 15.4 Å². The molecule has 0 aliphatic rings. The van der Waals surface area contributed by atoms with Crippen LogP contribution in [0.3, 0.4) is 0 Å². The molecule has 2 aromatic rings. The Labute approximate surface area is 120 Å². The molecular formula is C15H14F2N2O2. The van der Waals surface area contributed by atoms with Crippen molar-refractivity contribution in [3.05, 3.63) is 59.7 Å². The van der Waals surface area contributed by atoms with E-state index >= 15 is 0 Å². The van der Waals surface area contributed by atoms with Crippen LogP contribution in [0.5, 0.6) is 5.75 Å². The van der Waals surface area contributed by atoms with Crippen LogP contribution >= 0.6 is 0 Å². The maximum absolute atomic E-state index is 13.4. The molecular weight excluding hydrogens is 278 g/mol. The first-order valence-corrected chi connectivity index (χ1v) is 6.21. The van der Waals surface area contributed by atoms with Crippen LogP contribution in [0.2, 0.25) is 0 Å². The molecule has 6 heteroatoms. The number of amides is 2. The van der Waals surface area contributed by atoms with Gasteiger partial charge in [-0.15, -0.1) is 0 Å². The molecule has 0 saturated carbocycles. The fourth-order valence-electron chi connectivity index (χ4n) is 1.69. The predicted molar refractivity (Wildman–Crippen MR) is 75.2 cm³/mol. The van der Waals surface area contributed by atoms with Gasteiger partial charge >= 0.3 is 6.03 Å². The number of nitrogens with one attached hydrogen (secondary N) is 2. The third kappa shape index (κ3) is 4.17. The first-order valence-electron chi connectivity index (χ1n) is 6.21. The Kier molecular flexibility index (Phi) is 4.71. The molecule has 2 N–H and O–H groups in total. The summed E-state index contributed by atoms with van der Waals surface area (Å²) in [6, 6.07) is 9.36. The van der Waals surface area contributed by atoms with E-state index < -0.39 is 17.7 Å². The van der Waals surface area contributed by atoms with Crippen molar-refractivity contribution in [1.82, 2.24) is 5.32 Å². The van der Waals surface area contributed by atoms with Gasteiger partial charge in [-0.3, -0.25) is 0 Å². The zero-order valence-corrected chi connectivity index (χ0v) is 11.3. The Morgan fingerprint density at radius 3 is 2.52 bits per heavy atom. The van der Waals surface area contributed by atoms with Crippen LogP contribution in [-0.2, 0) is 6.54 Å². The van der Waals surface area contributed by atoms with Gasteiger partial charge in [0.15, 0.2) is 0 Å². The monoisotopic (exact) mass is 292 g/mol. The van der Waals surface area contributed by atoms with Crippen LogP contribution in [0.4, 0.5) is 19.3 Å². The second kappa shape index (κ2) is 6.69. The highest BCUT2D eigenvalue weighted by Crippen LogP contribution is 2.15. The van der Waals surface area contributed by atoms with Gasteiger partial charge in [0.25, 0.3) is 0 Å². The molecule has 0 fully saturated rings. The molecule has 4 nitrogen and oxygen atoms in total. The Morgan fingerprint density at radius 1 is 1.14 bits per heavy atom. The summed E-state index contributed by atoms with van der Waals surface area (Å²) in [5.74, 6) is -0.608. The summed E-state index contributed by atoms with van der Waals surface area (Å²) in [6.45, 7) is 0.257. The number of halogens is 2. The molecule has 110 valence electrons. The van der Waals surface area contributed by atoms with E-state index in [4.69, 9.17) is 4.74 Å². The number of hydrogen-bond donors (Lipinski definition) is 2. The van der Waals surface area contributed by atoms with Gasteiger partial charge in [-0.05, 0) is 29.8 Å². The van der Waals surface area contributed by atoms with Gasteiger partial charge in [-0.1, -0.05) is 12.1 Å². The number of anilines is 1. The Balaban J connectivity index is 1.91. The Bertz CT molecular complexity index is 630. The van der Waals surface area contributed by atoms with Crippen molar-refractivity contribution in [2.45, 2.75) is 6.54 Å². The van der Waals surface area contributed by atoms with Gasteiger partial charge in [0.05, 0.1) is 12.8 Å². The highest BCUT2D eigenvalue weighted by Gasteiger charge is 2.07. The van der Waals surface area contributed by atoms with Crippen molar-refractivity contribution < 1.29 is 18.3 Å². The lowest BCUT2D eigenvalue weighted by Crippen LogP contribution is -2.28. The van der Waals surface area contributed by atoms with Crippen LogP contribution in [0.1, 0.15) is 5.56 Å². The molecule has 0 atom stereocenters. The van der Waals surface area contributed by atoms with E-state index in [9.17, 15) is 13.6 Å². The number of urea groups is 1. The minimum Gasteiger partial charge on any atom is -0.497 e. The molecule has 2 amide bonds. The predicted octanol–water partition coefficient (Wildman–Crippen LogP) is 3.30. The largest absolute Gasteiger partial charge is 0.497 e. The first-order chi connectivity index (χ1) is 10.1. The van der Waals surface area contributed by atoms with Crippen molar-refractivity contribution in [3.63, 3.8) is 0 Å². The van der Waals surface area contributed by atoms with E-state index in [1.54, 1.807) is 31.4 Å². The topological polar surface area (TPSA) is 50.4 Å². The molecule has 21 heavy (non-hydrogen) atoms. The molecule has 2 rings (SSSR count). The van der Waals surface area contributed by atoms with Crippen LogP contribution in [-0.4, -0.2) is 13.1 Å². The summed E-state index contributed by atoms with van der Waals surface area (Å²) in [5.41, 5.74) is 0.646. The molecule has 0 saturated heterocycles. The van der Waals surface area contributed by atoms with E-state index in [1.165, 1.54) is 0 Å². The lowest BCUT2D eigenvalue weighted by atomic mass is 10.2. The maximum Gasteiger partial charge on any atom is 0.319 e. The van der Waals surface area contributed by atoms with Gasteiger partial charge in [-0.25, -0.2) is 13.6 Å². The average Bonchev–Trinajstić information content (AvgIpc) is 2.49. The van der Waals surface area contributed by atoms with Crippen LogP contribution < -0.4 is 15.4 Å². The number of carbonyl (C=O) groups excluding carboxylic acids is 1. The first kappa shape index (κ1) is 14.8. The molecule has 0 aliphatic carbocycles. The number of methoxy groups -OCH3 is 1. The zero-order valence-electron chi connectivity index (χ0n) is 11.3. The highest BCUT2D eigenvalue weighted by atomic mass is 19.1. The van der Waals surface area contributed by atoms with Gasteiger partial charge in [0, 0.05) is 12.6 Å². The summed E-state index contributed by atoms with van der Waals surface area (Å²) in [7, 11) is 1.56. The van der Waals surface area contributed by atoms with E-state index in [0.29, 0.717) is 5.75 Å². The summed E-state index contributed by atoms with van der Waals surface area (Å²) in [4.78, 5) is 11.6. The minimum absolute atomic E-state index is 0.206. The van der Waals surface area contributed by atoms with E-state index in [0.717, 1.165) is 23.8 Å². The van der Waals surface area contributed by atoms with E-state index in [-0.39, 0.29) is 12.2 Å². The molecule has 2 aromatic carbocycles. The third-order valence-electron chi connectivity index (χ3n) is 2.79. The average molecular weight is 292 g/mol. The standard InChI is InChI=1S/C15H14F2N2O2/c1-21-12-5-2-10(3-6-12)9-18-15(20)19-14-8-11(16)4-7-13(14)17/h2-8H,9H2,1H3,(H2,18,19,20). The molecule has 0 bridgehead atoms. The number of carbonyl (C=O) groups is 1. The van der Waals surface area contributed by atoms with E-state index in [2.05, 4.69) is 10.6 Å². The van der Waals surface area contributed by atoms with Crippen molar-refractivity contribution in [1.29, 1.82) is 0 Å². The zero-order chi connectivity index (χ0) is 15.2. The fourth-order valence-corrected chi connectivity index (χ4v) is 1.69.